The van der Waals surface area contributed by atoms with Crippen LogP contribution in [0, 0.1) is 11.8 Å². The van der Waals surface area contributed by atoms with Crippen molar-refractivity contribution in [3.05, 3.63) is 95.6 Å². The van der Waals surface area contributed by atoms with Crippen molar-refractivity contribution in [3.63, 3.8) is 0 Å². The average molecular weight is 314 g/mol. The van der Waals surface area contributed by atoms with E-state index in [4.69, 9.17) is 4.74 Å². The number of aromatic hydroxyl groups is 1. The summed E-state index contributed by atoms with van der Waals surface area (Å²) in [5.41, 5.74) is 2.84. The fraction of sp³-hybridized carbons (Fsp3) is 0.0909. The first kappa shape index (κ1) is 15.7. The van der Waals surface area contributed by atoms with Crippen LogP contribution in [0.3, 0.4) is 0 Å². The molecule has 0 spiro atoms. The number of rotatable bonds is 4. The number of phenolic OH excluding ortho intramolecular Hbond substituents is 1. The van der Waals surface area contributed by atoms with Gasteiger partial charge in [-0.1, -0.05) is 60.4 Å². The van der Waals surface area contributed by atoms with Gasteiger partial charge in [-0.3, -0.25) is 0 Å². The maximum atomic E-state index is 9.99. The molecule has 0 amide bonds. The second-order valence-electron chi connectivity index (χ2n) is 5.41. The van der Waals surface area contributed by atoms with E-state index in [1.807, 2.05) is 66.7 Å². The lowest BCUT2D eigenvalue weighted by atomic mass is 10.1. The Morgan fingerprint density at radius 1 is 0.833 bits per heavy atom. The zero-order valence-corrected chi connectivity index (χ0v) is 13.3. The quantitative estimate of drug-likeness (QED) is 0.715. The van der Waals surface area contributed by atoms with Crippen LogP contribution >= 0.6 is 0 Å². The van der Waals surface area contributed by atoms with Crippen LogP contribution in [-0.2, 0) is 13.0 Å². The predicted octanol–water partition coefficient (Wildman–Crippen LogP) is 4.57. The first-order valence-electron chi connectivity index (χ1n) is 7.84. The first-order valence-corrected chi connectivity index (χ1v) is 7.84. The lowest BCUT2D eigenvalue weighted by Gasteiger charge is -2.08. The third-order valence-electron chi connectivity index (χ3n) is 3.58. The molecule has 0 aliphatic rings. The summed E-state index contributed by atoms with van der Waals surface area (Å²) in [4.78, 5) is 0. The van der Waals surface area contributed by atoms with Gasteiger partial charge in [0.15, 0.2) is 0 Å². The zero-order chi connectivity index (χ0) is 16.6. The Morgan fingerprint density at radius 2 is 1.54 bits per heavy atom. The van der Waals surface area contributed by atoms with E-state index in [9.17, 15) is 5.11 Å². The van der Waals surface area contributed by atoms with Crippen molar-refractivity contribution in [3.8, 4) is 23.3 Å². The Kier molecular flexibility index (Phi) is 5.17. The minimum Gasteiger partial charge on any atom is -0.508 e. The number of benzene rings is 3. The second-order valence-corrected chi connectivity index (χ2v) is 5.41. The highest BCUT2D eigenvalue weighted by Crippen LogP contribution is 2.24. The molecule has 24 heavy (non-hydrogen) atoms. The summed E-state index contributed by atoms with van der Waals surface area (Å²) in [6, 6.07) is 25.1. The van der Waals surface area contributed by atoms with Crippen molar-refractivity contribution < 1.29 is 9.84 Å². The summed E-state index contributed by atoms with van der Waals surface area (Å²) in [5.74, 6) is 7.16. The fourth-order valence-electron chi connectivity index (χ4n) is 2.30. The Balaban J connectivity index is 1.67. The highest BCUT2D eigenvalue weighted by Gasteiger charge is 2.03. The molecule has 0 aromatic heterocycles. The molecule has 0 unspecified atom stereocenters. The van der Waals surface area contributed by atoms with E-state index in [-0.39, 0.29) is 5.75 Å². The van der Waals surface area contributed by atoms with E-state index in [0.29, 0.717) is 13.0 Å². The number of hydrogen-bond acceptors (Lipinski definition) is 2. The molecule has 0 radical (unpaired) electrons. The van der Waals surface area contributed by atoms with E-state index < -0.39 is 0 Å². The normalized spacial score (nSPS) is 9.83. The Bertz CT molecular complexity index is 843. The van der Waals surface area contributed by atoms with Gasteiger partial charge in [-0.2, -0.15) is 0 Å². The van der Waals surface area contributed by atoms with Crippen LogP contribution in [0.25, 0.3) is 0 Å². The van der Waals surface area contributed by atoms with Gasteiger partial charge >= 0.3 is 0 Å². The minimum absolute atomic E-state index is 0.240. The van der Waals surface area contributed by atoms with Crippen LogP contribution in [0.5, 0.6) is 11.5 Å². The van der Waals surface area contributed by atoms with Gasteiger partial charge in [0.25, 0.3) is 0 Å². The highest BCUT2D eigenvalue weighted by atomic mass is 16.5. The van der Waals surface area contributed by atoms with Crippen molar-refractivity contribution in [1.82, 2.24) is 0 Å². The molecular weight excluding hydrogens is 296 g/mol. The average Bonchev–Trinajstić information content (AvgIpc) is 2.64. The van der Waals surface area contributed by atoms with Crippen molar-refractivity contribution in [2.45, 2.75) is 13.0 Å². The minimum atomic E-state index is 0.240. The summed E-state index contributed by atoms with van der Waals surface area (Å²) >= 11 is 0. The molecule has 0 bridgehead atoms. The third-order valence-corrected chi connectivity index (χ3v) is 3.58. The number of ether oxygens (including phenoxy) is 1. The van der Waals surface area contributed by atoms with Gasteiger partial charge in [-0.05, 0) is 35.9 Å². The van der Waals surface area contributed by atoms with E-state index >= 15 is 0 Å². The van der Waals surface area contributed by atoms with Gasteiger partial charge < -0.3 is 9.84 Å². The Labute approximate surface area is 142 Å². The molecule has 0 saturated carbocycles. The molecule has 3 rings (SSSR count). The SMILES string of the molecule is Oc1ccc(OCc2ccccc2)cc1CC#Cc1ccccc1. The lowest BCUT2D eigenvalue weighted by molar-refractivity contribution is 0.305. The molecule has 0 aliphatic heterocycles. The Hall–Kier alpha value is -3.18. The smallest absolute Gasteiger partial charge is 0.120 e. The summed E-state index contributed by atoms with van der Waals surface area (Å²) in [6.07, 6.45) is 0.475. The van der Waals surface area contributed by atoms with E-state index in [2.05, 4.69) is 11.8 Å². The van der Waals surface area contributed by atoms with E-state index in [0.717, 1.165) is 22.4 Å². The zero-order valence-electron chi connectivity index (χ0n) is 13.3. The molecule has 1 N–H and O–H groups in total. The van der Waals surface area contributed by atoms with Gasteiger partial charge in [0.2, 0.25) is 0 Å². The van der Waals surface area contributed by atoms with Gasteiger partial charge in [-0.25, -0.2) is 0 Å². The van der Waals surface area contributed by atoms with Crippen molar-refractivity contribution >= 4 is 0 Å². The van der Waals surface area contributed by atoms with E-state index in [1.54, 1.807) is 12.1 Å². The van der Waals surface area contributed by atoms with Crippen LogP contribution in [0.15, 0.2) is 78.9 Å². The van der Waals surface area contributed by atoms with Crippen LogP contribution in [-0.4, -0.2) is 5.11 Å². The molecule has 3 aromatic carbocycles. The standard InChI is InChI=1S/C22H18O2/c23-22-15-14-21(24-17-19-10-5-2-6-11-19)16-20(22)13-7-12-18-8-3-1-4-9-18/h1-6,8-11,14-16,23H,13,17H2. The topological polar surface area (TPSA) is 29.5 Å². The molecule has 2 nitrogen and oxygen atoms in total. The van der Waals surface area contributed by atoms with Gasteiger partial charge in [0, 0.05) is 17.5 Å². The molecule has 0 fully saturated rings. The molecule has 0 saturated heterocycles. The lowest BCUT2D eigenvalue weighted by Crippen LogP contribution is -1.96. The molecule has 3 aromatic rings. The van der Waals surface area contributed by atoms with Crippen molar-refractivity contribution in [2.75, 3.05) is 0 Å². The second kappa shape index (κ2) is 7.89. The number of phenols is 1. The molecular formula is C22H18O2. The van der Waals surface area contributed by atoms with Crippen LogP contribution < -0.4 is 4.74 Å². The Morgan fingerprint density at radius 3 is 2.29 bits per heavy atom. The third kappa shape index (κ3) is 4.41. The van der Waals surface area contributed by atoms with Crippen molar-refractivity contribution in [2.24, 2.45) is 0 Å². The molecule has 0 heterocycles. The molecule has 0 atom stereocenters. The van der Waals surface area contributed by atoms with E-state index in [1.165, 1.54) is 0 Å². The number of hydrogen-bond donors (Lipinski definition) is 1. The van der Waals surface area contributed by atoms with Gasteiger partial charge in [0.05, 0.1) is 0 Å². The predicted molar refractivity (Wildman–Crippen MR) is 95.9 cm³/mol. The summed E-state index contributed by atoms with van der Waals surface area (Å²) in [6.45, 7) is 0.501. The van der Waals surface area contributed by atoms with Crippen LogP contribution in [0.1, 0.15) is 16.7 Å². The maximum Gasteiger partial charge on any atom is 0.120 e. The maximum absolute atomic E-state index is 9.99. The van der Waals surface area contributed by atoms with Crippen LogP contribution in [0.4, 0.5) is 0 Å². The van der Waals surface area contributed by atoms with Crippen molar-refractivity contribution in [1.29, 1.82) is 0 Å². The van der Waals surface area contributed by atoms with Crippen LogP contribution in [0.2, 0.25) is 0 Å². The largest absolute Gasteiger partial charge is 0.508 e. The first-order chi connectivity index (χ1) is 11.8. The van der Waals surface area contributed by atoms with Gasteiger partial charge in [-0.15, -0.1) is 0 Å². The van der Waals surface area contributed by atoms with Gasteiger partial charge in [0.1, 0.15) is 18.1 Å². The summed E-state index contributed by atoms with van der Waals surface area (Å²) in [7, 11) is 0. The summed E-state index contributed by atoms with van der Waals surface area (Å²) in [5, 5.41) is 9.99. The molecule has 2 heteroatoms. The fourth-order valence-corrected chi connectivity index (χ4v) is 2.30. The molecule has 118 valence electrons. The monoisotopic (exact) mass is 314 g/mol. The highest BCUT2D eigenvalue weighted by molar-refractivity contribution is 5.43. The molecule has 0 aliphatic carbocycles. The summed E-state index contributed by atoms with van der Waals surface area (Å²) < 4.78 is 5.79.